The van der Waals surface area contributed by atoms with Crippen molar-refractivity contribution in [2.24, 2.45) is 19.8 Å². The van der Waals surface area contributed by atoms with E-state index in [0.29, 0.717) is 5.69 Å². The highest BCUT2D eigenvalue weighted by molar-refractivity contribution is 5.93. The lowest BCUT2D eigenvalue weighted by atomic mass is 10.0. The molecule has 132 valence electrons. The van der Waals surface area contributed by atoms with Crippen molar-refractivity contribution in [3.05, 3.63) is 70.4 Å². The number of imidazole rings is 1. The van der Waals surface area contributed by atoms with Crippen molar-refractivity contribution in [2.45, 2.75) is 6.04 Å². The molecule has 25 heavy (non-hydrogen) atoms. The van der Waals surface area contributed by atoms with E-state index in [0.717, 1.165) is 16.3 Å². The van der Waals surface area contributed by atoms with E-state index in [4.69, 9.17) is 5.73 Å². The van der Waals surface area contributed by atoms with Crippen LogP contribution in [0.5, 0.6) is 0 Å². The topological polar surface area (TPSA) is 82.0 Å². The molecule has 0 spiro atoms. The molecule has 0 saturated carbocycles. The van der Waals surface area contributed by atoms with Crippen LogP contribution in [0, 0.1) is 0 Å². The van der Waals surface area contributed by atoms with E-state index in [1.807, 2.05) is 42.5 Å². The number of nitrogens with zero attached hydrogens (tertiary/aromatic N) is 2. The average molecular weight is 361 g/mol. The largest absolute Gasteiger partial charge is 0.343 e. The van der Waals surface area contributed by atoms with Crippen molar-refractivity contribution >= 4 is 29.1 Å². The first-order chi connectivity index (χ1) is 11.5. The zero-order chi connectivity index (χ0) is 17.3. The van der Waals surface area contributed by atoms with Crippen molar-refractivity contribution in [1.82, 2.24) is 14.5 Å². The first-order valence-corrected chi connectivity index (χ1v) is 7.73. The first kappa shape index (κ1) is 18.8. The normalized spacial score (nSPS) is 11.8. The average Bonchev–Trinajstić information content (AvgIpc) is 2.86. The maximum Gasteiger partial charge on any atom is 0.328 e. The summed E-state index contributed by atoms with van der Waals surface area (Å²) in [4.78, 5) is 24.3. The molecule has 0 unspecified atom stereocenters. The SMILES string of the molecule is Cl.Cn1cc(C(=O)N[C@@H](CN)c2ccc3ccccc3c2)n(C)c1=O. The van der Waals surface area contributed by atoms with Crippen LogP contribution in [0.4, 0.5) is 0 Å². The summed E-state index contributed by atoms with van der Waals surface area (Å²) in [6.45, 7) is 0.269. The molecule has 1 amide bonds. The number of aryl methyl sites for hydroxylation is 1. The van der Waals surface area contributed by atoms with Crippen molar-refractivity contribution in [3.63, 3.8) is 0 Å². The highest BCUT2D eigenvalue weighted by Gasteiger charge is 2.18. The second-order valence-corrected chi connectivity index (χ2v) is 5.84. The minimum atomic E-state index is -0.322. The smallest absolute Gasteiger partial charge is 0.328 e. The minimum Gasteiger partial charge on any atom is -0.343 e. The van der Waals surface area contributed by atoms with Gasteiger partial charge in [0.2, 0.25) is 0 Å². The Morgan fingerprint density at radius 3 is 2.44 bits per heavy atom. The summed E-state index contributed by atoms with van der Waals surface area (Å²) in [5, 5.41) is 5.13. The Morgan fingerprint density at radius 2 is 1.84 bits per heavy atom. The number of aromatic nitrogens is 2. The van der Waals surface area contributed by atoms with Gasteiger partial charge in [-0.1, -0.05) is 36.4 Å². The highest BCUT2D eigenvalue weighted by atomic mass is 35.5. The van der Waals surface area contributed by atoms with Crippen LogP contribution in [0.15, 0.2) is 53.5 Å². The van der Waals surface area contributed by atoms with E-state index in [1.54, 1.807) is 14.1 Å². The van der Waals surface area contributed by atoms with Gasteiger partial charge in [0.15, 0.2) is 0 Å². The molecule has 1 heterocycles. The molecule has 1 atom stereocenters. The van der Waals surface area contributed by atoms with Crippen LogP contribution in [0.1, 0.15) is 22.1 Å². The van der Waals surface area contributed by atoms with E-state index in [-0.39, 0.29) is 36.6 Å². The summed E-state index contributed by atoms with van der Waals surface area (Å²) in [5.74, 6) is -0.321. The number of nitrogens with two attached hydrogens (primary N) is 1. The number of nitrogens with one attached hydrogen (secondary N) is 1. The molecule has 0 aliphatic heterocycles. The van der Waals surface area contributed by atoms with Crippen molar-refractivity contribution in [2.75, 3.05) is 6.54 Å². The lowest BCUT2D eigenvalue weighted by Crippen LogP contribution is -2.35. The van der Waals surface area contributed by atoms with E-state index in [1.165, 1.54) is 15.3 Å². The van der Waals surface area contributed by atoms with Crippen molar-refractivity contribution in [1.29, 1.82) is 0 Å². The molecule has 0 aliphatic rings. The minimum absolute atomic E-state index is 0. The van der Waals surface area contributed by atoms with Gasteiger partial charge in [0.1, 0.15) is 5.69 Å². The summed E-state index contributed by atoms with van der Waals surface area (Å²) in [6, 6.07) is 13.7. The maximum atomic E-state index is 12.5. The Morgan fingerprint density at radius 1 is 1.16 bits per heavy atom. The second-order valence-electron chi connectivity index (χ2n) is 5.84. The molecule has 0 aliphatic carbocycles. The third-order valence-corrected chi connectivity index (χ3v) is 4.22. The summed E-state index contributed by atoms with van der Waals surface area (Å²) in [5.41, 5.74) is 6.86. The molecular weight excluding hydrogens is 340 g/mol. The number of rotatable bonds is 4. The zero-order valence-electron chi connectivity index (χ0n) is 14.1. The Bertz CT molecular complexity index is 961. The third kappa shape index (κ3) is 3.60. The maximum absolute atomic E-state index is 12.5. The standard InChI is InChI=1S/C18H20N4O2.ClH/c1-21-11-16(22(2)18(21)24)17(23)20-15(10-19)14-8-7-12-5-3-4-6-13(12)9-14;/h3-9,11,15H,10,19H2,1-2H3,(H,20,23);1H/t15-;/m0./s1. The fourth-order valence-corrected chi connectivity index (χ4v) is 2.81. The van der Waals surface area contributed by atoms with Gasteiger partial charge in [0, 0.05) is 26.8 Å². The van der Waals surface area contributed by atoms with Crippen LogP contribution in [-0.4, -0.2) is 21.6 Å². The number of halogens is 1. The summed E-state index contributed by atoms with van der Waals surface area (Å²) in [7, 11) is 3.19. The van der Waals surface area contributed by atoms with E-state index < -0.39 is 0 Å². The lowest BCUT2D eigenvalue weighted by molar-refractivity contribution is 0.0929. The van der Waals surface area contributed by atoms with E-state index >= 15 is 0 Å². The molecule has 6 nitrogen and oxygen atoms in total. The number of benzene rings is 2. The Labute approximate surface area is 151 Å². The number of carbonyl (C=O) groups is 1. The molecule has 2 aromatic carbocycles. The predicted molar refractivity (Wildman–Crippen MR) is 101 cm³/mol. The quantitative estimate of drug-likeness (QED) is 0.743. The number of amides is 1. The van der Waals surface area contributed by atoms with E-state index in [2.05, 4.69) is 5.32 Å². The van der Waals surface area contributed by atoms with Gasteiger partial charge in [0.25, 0.3) is 5.91 Å². The van der Waals surface area contributed by atoms with Gasteiger partial charge in [0.05, 0.1) is 6.04 Å². The Hall–Kier alpha value is -2.57. The van der Waals surface area contributed by atoms with Gasteiger partial charge in [-0.05, 0) is 22.4 Å². The molecular formula is C18H21ClN4O2. The second kappa shape index (κ2) is 7.55. The fraction of sp³-hybridized carbons (Fsp3) is 0.222. The van der Waals surface area contributed by atoms with Crippen LogP contribution in [-0.2, 0) is 14.1 Å². The molecule has 0 bridgehead atoms. The number of fused-ring (bicyclic) bond motifs is 1. The molecule has 0 saturated heterocycles. The van der Waals surface area contributed by atoms with Crippen LogP contribution >= 0.6 is 12.4 Å². The van der Waals surface area contributed by atoms with Crippen LogP contribution in [0.25, 0.3) is 10.8 Å². The van der Waals surface area contributed by atoms with Crippen LogP contribution in [0.2, 0.25) is 0 Å². The molecule has 0 radical (unpaired) electrons. The first-order valence-electron chi connectivity index (χ1n) is 7.73. The van der Waals surface area contributed by atoms with Gasteiger partial charge in [-0.25, -0.2) is 4.79 Å². The molecule has 3 N–H and O–H groups in total. The van der Waals surface area contributed by atoms with Gasteiger partial charge >= 0.3 is 5.69 Å². The molecule has 0 fully saturated rings. The van der Waals surface area contributed by atoms with Gasteiger partial charge in [-0.15, -0.1) is 12.4 Å². The summed E-state index contributed by atoms with van der Waals surface area (Å²) < 4.78 is 2.70. The predicted octanol–water partition coefficient (Wildman–Crippen LogP) is 1.73. The number of hydrogen-bond donors (Lipinski definition) is 2. The molecule has 3 aromatic rings. The van der Waals surface area contributed by atoms with Gasteiger partial charge in [-0.3, -0.25) is 9.36 Å². The Balaban J connectivity index is 0.00000225. The summed E-state index contributed by atoms with van der Waals surface area (Å²) >= 11 is 0. The monoisotopic (exact) mass is 360 g/mol. The van der Waals surface area contributed by atoms with Crippen molar-refractivity contribution in [3.8, 4) is 0 Å². The van der Waals surface area contributed by atoms with Crippen LogP contribution in [0.3, 0.4) is 0 Å². The molecule has 7 heteroatoms. The van der Waals surface area contributed by atoms with Gasteiger partial charge in [-0.2, -0.15) is 0 Å². The number of carbonyl (C=O) groups excluding carboxylic acids is 1. The molecule has 3 rings (SSSR count). The lowest BCUT2D eigenvalue weighted by Gasteiger charge is -2.18. The fourth-order valence-electron chi connectivity index (χ4n) is 2.81. The van der Waals surface area contributed by atoms with Gasteiger partial charge < -0.3 is 15.6 Å². The third-order valence-electron chi connectivity index (χ3n) is 4.22. The number of hydrogen-bond acceptors (Lipinski definition) is 3. The van der Waals surface area contributed by atoms with E-state index in [9.17, 15) is 9.59 Å². The van der Waals surface area contributed by atoms with Crippen LogP contribution < -0.4 is 16.7 Å². The van der Waals surface area contributed by atoms with Crippen molar-refractivity contribution < 1.29 is 4.79 Å². The highest BCUT2D eigenvalue weighted by Crippen LogP contribution is 2.20. The zero-order valence-corrected chi connectivity index (χ0v) is 14.9. The summed E-state index contributed by atoms with van der Waals surface area (Å²) in [6.07, 6.45) is 1.52. The molecule has 1 aromatic heterocycles. The Kier molecular flexibility index (Phi) is 5.66.